The first-order chi connectivity index (χ1) is 3.93. The van der Waals surface area contributed by atoms with Crippen molar-refractivity contribution in [3.63, 3.8) is 0 Å². The minimum Gasteiger partial charge on any atom is -0.451 e. The second-order valence-electron chi connectivity index (χ2n) is 1.31. The molecule has 1 rings (SSSR count). The molecule has 0 bridgehead atoms. The van der Waals surface area contributed by atoms with Crippen LogP contribution in [0, 0.1) is 0 Å². The van der Waals surface area contributed by atoms with Crippen LogP contribution in [-0.2, 0) is 6.54 Å². The number of hydroxylamine groups is 1. The molecule has 0 aliphatic rings. The molecule has 0 aliphatic carbocycles. The lowest BCUT2D eigenvalue weighted by atomic mass is 10.5. The van der Waals surface area contributed by atoms with E-state index in [9.17, 15) is 0 Å². The van der Waals surface area contributed by atoms with Crippen molar-refractivity contribution in [2.24, 2.45) is 0 Å². The number of aromatic nitrogens is 1. The van der Waals surface area contributed by atoms with Crippen molar-refractivity contribution >= 4 is 0 Å². The van der Waals surface area contributed by atoms with Crippen molar-refractivity contribution in [1.29, 1.82) is 0 Å². The van der Waals surface area contributed by atoms with Crippen LogP contribution in [0.25, 0.3) is 0 Å². The predicted octanol–water partition coefficient (Wildman–Crippen LogP) is 0.153. The summed E-state index contributed by atoms with van der Waals surface area (Å²) < 4.78 is 4.60. The Morgan fingerprint density at radius 2 is 2.75 bits per heavy atom. The molecule has 4 heteroatoms. The van der Waals surface area contributed by atoms with Crippen LogP contribution in [0.4, 0.5) is 0 Å². The molecular weight excluding hydrogens is 108 g/mol. The Labute approximate surface area is 46.1 Å². The van der Waals surface area contributed by atoms with Gasteiger partial charge in [-0.15, -0.1) is 0 Å². The van der Waals surface area contributed by atoms with Crippen LogP contribution in [-0.4, -0.2) is 10.2 Å². The Bertz CT molecular complexity index is 138. The summed E-state index contributed by atoms with van der Waals surface area (Å²) in [6.07, 6.45) is 2.77. The molecule has 0 atom stereocenters. The molecular formula is C4H6N2O2. The van der Waals surface area contributed by atoms with E-state index < -0.39 is 0 Å². The molecule has 0 radical (unpaired) electrons. The van der Waals surface area contributed by atoms with E-state index in [2.05, 4.69) is 9.40 Å². The van der Waals surface area contributed by atoms with Gasteiger partial charge >= 0.3 is 0 Å². The zero-order valence-electron chi connectivity index (χ0n) is 4.16. The van der Waals surface area contributed by atoms with Crippen molar-refractivity contribution in [3.8, 4) is 0 Å². The van der Waals surface area contributed by atoms with Gasteiger partial charge in [-0.1, -0.05) is 0 Å². The first-order valence-electron chi connectivity index (χ1n) is 2.17. The monoisotopic (exact) mass is 114 g/mol. The summed E-state index contributed by atoms with van der Waals surface area (Å²) in [5.41, 5.74) is 2.64. The van der Waals surface area contributed by atoms with E-state index in [1.165, 1.54) is 12.7 Å². The molecule has 0 aliphatic heterocycles. The van der Waals surface area contributed by atoms with Gasteiger partial charge in [0.15, 0.2) is 6.39 Å². The summed E-state index contributed by atoms with van der Waals surface area (Å²) in [5.74, 6) is 0. The summed E-state index contributed by atoms with van der Waals surface area (Å²) in [6.45, 7) is 0.330. The normalized spacial score (nSPS) is 9.62. The lowest BCUT2D eigenvalue weighted by Crippen LogP contribution is -2.05. The Morgan fingerprint density at radius 1 is 1.88 bits per heavy atom. The maximum Gasteiger partial charge on any atom is 0.180 e. The number of nitrogens with zero attached hydrogens (tertiary/aromatic N) is 1. The molecule has 0 saturated heterocycles. The van der Waals surface area contributed by atoms with Gasteiger partial charge in [-0.25, -0.2) is 4.98 Å². The molecule has 8 heavy (non-hydrogen) atoms. The zero-order valence-corrected chi connectivity index (χ0v) is 4.16. The Balaban J connectivity index is 2.50. The van der Waals surface area contributed by atoms with Crippen molar-refractivity contribution in [2.45, 2.75) is 6.54 Å². The SMILES string of the molecule is ONCc1cocn1. The Kier molecular flexibility index (Phi) is 1.61. The van der Waals surface area contributed by atoms with E-state index in [-0.39, 0.29) is 0 Å². The maximum absolute atomic E-state index is 8.11. The third-order valence-corrected chi connectivity index (χ3v) is 0.744. The highest BCUT2D eigenvalue weighted by molar-refractivity contribution is 4.88. The molecule has 0 aromatic carbocycles. The van der Waals surface area contributed by atoms with Crippen LogP contribution < -0.4 is 5.48 Å². The van der Waals surface area contributed by atoms with Crippen molar-refractivity contribution in [3.05, 3.63) is 18.4 Å². The molecule has 0 spiro atoms. The van der Waals surface area contributed by atoms with E-state index in [1.54, 1.807) is 0 Å². The van der Waals surface area contributed by atoms with E-state index >= 15 is 0 Å². The van der Waals surface area contributed by atoms with E-state index in [0.29, 0.717) is 12.2 Å². The molecule has 1 aromatic heterocycles. The molecule has 44 valence electrons. The average molecular weight is 114 g/mol. The lowest BCUT2D eigenvalue weighted by Gasteiger charge is -1.86. The molecule has 0 unspecified atom stereocenters. The fourth-order valence-corrected chi connectivity index (χ4v) is 0.406. The predicted molar refractivity (Wildman–Crippen MR) is 25.1 cm³/mol. The summed E-state index contributed by atoms with van der Waals surface area (Å²) >= 11 is 0. The first-order valence-corrected chi connectivity index (χ1v) is 2.17. The van der Waals surface area contributed by atoms with Gasteiger partial charge in [0.25, 0.3) is 0 Å². The summed E-state index contributed by atoms with van der Waals surface area (Å²) in [4.78, 5) is 3.72. The fraction of sp³-hybridized carbons (Fsp3) is 0.250. The Hall–Kier alpha value is -0.870. The van der Waals surface area contributed by atoms with Gasteiger partial charge in [0, 0.05) is 0 Å². The zero-order chi connectivity index (χ0) is 5.82. The first kappa shape index (κ1) is 5.27. The molecule has 0 fully saturated rings. The third kappa shape index (κ3) is 1.05. The second kappa shape index (κ2) is 2.44. The largest absolute Gasteiger partial charge is 0.451 e. The van der Waals surface area contributed by atoms with E-state index in [1.807, 2.05) is 5.48 Å². The van der Waals surface area contributed by atoms with Crippen LogP contribution >= 0.6 is 0 Å². The highest BCUT2D eigenvalue weighted by Crippen LogP contribution is 1.90. The van der Waals surface area contributed by atoms with Crippen molar-refractivity contribution < 1.29 is 9.62 Å². The smallest absolute Gasteiger partial charge is 0.180 e. The summed E-state index contributed by atoms with van der Waals surface area (Å²) in [7, 11) is 0. The van der Waals surface area contributed by atoms with Crippen molar-refractivity contribution in [2.75, 3.05) is 0 Å². The van der Waals surface area contributed by atoms with Gasteiger partial charge < -0.3 is 9.62 Å². The fourth-order valence-electron chi connectivity index (χ4n) is 0.406. The second-order valence-corrected chi connectivity index (χ2v) is 1.31. The van der Waals surface area contributed by atoms with E-state index in [4.69, 9.17) is 5.21 Å². The van der Waals surface area contributed by atoms with Crippen LogP contribution in [0.5, 0.6) is 0 Å². The topological polar surface area (TPSA) is 58.3 Å². The number of rotatable bonds is 2. The molecule has 1 heterocycles. The van der Waals surface area contributed by atoms with Crippen LogP contribution in [0.1, 0.15) is 5.69 Å². The lowest BCUT2D eigenvalue weighted by molar-refractivity contribution is 0.160. The van der Waals surface area contributed by atoms with Gasteiger partial charge in [-0.3, -0.25) is 0 Å². The number of hydrogen-bond donors (Lipinski definition) is 2. The van der Waals surface area contributed by atoms with Gasteiger partial charge in [0.05, 0.1) is 12.2 Å². The van der Waals surface area contributed by atoms with Gasteiger partial charge in [0.2, 0.25) is 0 Å². The van der Waals surface area contributed by atoms with Crippen LogP contribution in [0.3, 0.4) is 0 Å². The van der Waals surface area contributed by atoms with Crippen LogP contribution in [0.15, 0.2) is 17.1 Å². The molecule has 4 nitrogen and oxygen atoms in total. The van der Waals surface area contributed by atoms with E-state index in [0.717, 1.165) is 0 Å². The summed E-state index contributed by atoms with van der Waals surface area (Å²) in [6, 6.07) is 0. The van der Waals surface area contributed by atoms with Gasteiger partial charge in [-0.05, 0) is 0 Å². The number of nitrogens with one attached hydrogen (secondary N) is 1. The number of oxazole rings is 1. The van der Waals surface area contributed by atoms with Gasteiger partial charge in [-0.2, -0.15) is 5.48 Å². The highest BCUT2D eigenvalue weighted by Gasteiger charge is 1.90. The Morgan fingerprint density at radius 3 is 3.25 bits per heavy atom. The number of hydrogen-bond acceptors (Lipinski definition) is 4. The maximum atomic E-state index is 8.11. The molecule has 0 saturated carbocycles. The molecule has 0 amide bonds. The molecule has 2 N–H and O–H groups in total. The van der Waals surface area contributed by atoms with Crippen molar-refractivity contribution in [1.82, 2.24) is 10.5 Å². The third-order valence-electron chi connectivity index (χ3n) is 0.744. The molecule has 1 aromatic rings. The van der Waals surface area contributed by atoms with Gasteiger partial charge in [0.1, 0.15) is 6.26 Å². The average Bonchev–Trinajstić information content (AvgIpc) is 2.19. The van der Waals surface area contributed by atoms with Crippen LogP contribution in [0.2, 0.25) is 0 Å². The highest BCUT2D eigenvalue weighted by atomic mass is 16.5. The standard InChI is InChI=1S/C4H6N2O2/c7-6-1-4-2-8-3-5-4/h2-3,6-7H,1H2. The minimum atomic E-state index is 0.330. The summed E-state index contributed by atoms with van der Waals surface area (Å²) in [5, 5.41) is 8.11. The quantitative estimate of drug-likeness (QED) is 0.537. The minimum absolute atomic E-state index is 0.330.